The summed E-state index contributed by atoms with van der Waals surface area (Å²) in [6.45, 7) is 23.9. The van der Waals surface area contributed by atoms with E-state index in [0.717, 1.165) is 44.9 Å². The van der Waals surface area contributed by atoms with E-state index >= 15 is 0 Å². The number of rotatable bonds is 13. The summed E-state index contributed by atoms with van der Waals surface area (Å²) in [6, 6.07) is 2.23. The molecule has 9 atom stereocenters. The van der Waals surface area contributed by atoms with E-state index in [0.29, 0.717) is 36.5 Å². The summed E-state index contributed by atoms with van der Waals surface area (Å²) < 4.78 is 18.1. The minimum atomic E-state index is -1.05. The Labute approximate surface area is 279 Å². The van der Waals surface area contributed by atoms with Crippen molar-refractivity contribution in [1.82, 2.24) is 0 Å². The van der Waals surface area contributed by atoms with Gasteiger partial charge in [-0.25, -0.2) is 0 Å². The lowest BCUT2D eigenvalue weighted by Gasteiger charge is -2.40. The number of carbonyl (C=O) groups is 3. The summed E-state index contributed by atoms with van der Waals surface area (Å²) in [5, 5.41) is 9.74. The van der Waals surface area contributed by atoms with Crippen molar-refractivity contribution in [2.75, 3.05) is 0 Å². The van der Waals surface area contributed by atoms with Gasteiger partial charge >= 0.3 is 17.9 Å². The van der Waals surface area contributed by atoms with E-state index in [-0.39, 0.29) is 47.6 Å². The number of fused-ring (bicyclic) bond motifs is 1. The van der Waals surface area contributed by atoms with Gasteiger partial charge in [0.25, 0.3) is 0 Å². The van der Waals surface area contributed by atoms with Crippen LogP contribution in [0.5, 0.6) is 0 Å². The smallest absolute Gasteiger partial charge is 0.327 e. The largest absolute Gasteiger partial charge is 0.462 e. The van der Waals surface area contributed by atoms with E-state index in [1.54, 1.807) is 0 Å². The van der Waals surface area contributed by atoms with Crippen LogP contribution in [0.3, 0.4) is 0 Å². The Balaban J connectivity index is 1.35. The van der Waals surface area contributed by atoms with Crippen LogP contribution in [0.15, 0.2) is 0 Å². The average Bonchev–Trinajstić information content (AvgIpc) is 3.57. The average molecular weight is 642 g/mol. The fraction of sp³-hybridized carbons (Fsp3) is 0.897. The van der Waals surface area contributed by atoms with Crippen molar-refractivity contribution >= 4 is 17.9 Å². The minimum absolute atomic E-state index is 0.00773. The van der Waals surface area contributed by atoms with E-state index in [1.807, 2.05) is 6.92 Å². The lowest BCUT2D eigenvalue weighted by molar-refractivity contribution is -0.175. The third-order valence-corrected chi connectivity index (χ3v) is 13.2. The summed E-state index contributed by atoms with van der Waals surface area (Å²) >= 11 is 0. The number of nitriles is 1. The minimum Gasteiger partial charge on any atom is -0.462 e. The van der Waals surface area contributed by atoms with E-state index in [9.17, 15) is 19.6 Å². The molecule has 7 nitrogen and oxygen atoms in total. The molecule has 1 aliphatic heterocycles. The highest BCUT2D eigenvalue weighted by Crippen LogP contribution is 2.62. The second-order valence-corrected chi connectivity index (χ2v) is 18.2. The lowest BCUT2D eigenvalue weighted by Crippen LogP contribution is -2.44. The van der Waals surface area contributed by atoms with Crippen molar-refractivity contribution in [3.63, 3.8) is 0 Å². The molecule has 9 unspecified atom stereocenters. The molecule has 0 N–H and O–H groups in total. The van der Waals surface area contributed by atoms with Crippen LogP contribution in [-0.2, 0) is 28.6 Å². The summed E-state index contributed by atoms with van der Waals surface area (Å²) in [4.78, 5) is 40.3. The van der Waals surface area contributed by atoms with Gasteiger partial charge in [0.05, 0.1) is 16.9 Å². The second kappa shape index (κ2) is 13.4. The first-order valence-electron chi connectivity index (χ1n) is 18.3. The van der Waals surface area contributed by atoms with Gasteiger partial charge in [-0.2, -0.15) is 5.26 Å². The van der Waals surface area contributed by atoms with Crippen LogP contribution >= 0.6 is 0 Å². The molecule has 0 aromatic rings. The highest BCUT2D eigenvalue weighted by atomic mass is 16.6. The zero-order valence-corrected chi connectivity index (χ0v) is 30.7. The van der Waals surface area contributed by atoms with Gasteiger partial charge in [0.1, 0.15) is 18.3 Å². The molecule has 0 aromatic carbocycles. The Morgan fingerprint density at radius 1 is 0.913 bits per heavy atom. The molecule has 260 valence electrons. The summed E-state index contributed by atoms with van der Waals surface area (Å²) in [5.74, 6) is 0.570. The van der Waals surface area contributed by atoms with Crippen molar-refractivity contribution in [3.8, 4) is 6.07 Å². The van der Waals surface area contributed by atoms with Crippen molar-refractivity contribution < 1.29 is 28.6 Å². The molecule has 0 spiro atoms. The van der Waals surface area contributed by atoms with Crippen LogP contribution in [0.2, 0.25) is 0 Å². The number of esters is 3. The molecule has 4 rings (SSSR count). The van der Waals surface area contributed by atoms with Gasteiger partial charge in [0.15, 0.2) is 5.41 Å². The fourth-order valence-electron chi connectivity index (χ4n) is 9.45. The SMILES string of the molecule is CC(C)CC(C)(C(=O)OC1CCC(C(C)(C)C)CC1)C(C)CCC(C)CC(C)(C(=O)OC1C2CC3C1OC(=O)C3(C#N)C2)C(C)C. The molecule has 0 aromatic heterocycles. The molecule has 3 aliphatic carbocycles. The predicted molar refractivity (Wildman–Crippen MR) is 178 cm³/mol. The van der Waals surface area contributed by atoms with Crippen molar-refractivity contribution in [2.45, 2.75) is 159 Å². The predicted octanol–water partition coefficient (Wildman–Crippen LogP) is 8.68. The van der Waals surface area contributed by atoms with E-state index in [1.165, 1.54) is 0 Å². The monoisotopic (exact) mass is 641 g/mol. The third kappa shape index (κ3) is 6.88. The van der Waals surface area contributed by atoms with Crippen LogP contribution < -0.4 is 0 Å². The van der Waals surface area contributed by atoms with E-state index in [4.69, 9.17) is 14.2 Å². The van der Waals surface area contributed by atoms with Crippen LogP contribution in [0.1, 0.15) is 140 Å². The first-order valence-corrected chi connectivity index (χ1v) is 18.3. The molecule has 1 heterocycles. The van der Waals surface area contributed by atoms with Gasteiger partial charge in [-0.05, 0) is 107 Å². The number of nitrogens with zero attached hydrogens (tertiary/aromatic N) is 1. The Morgan fingerprint density at radius 3 is 2.07 bits per heavy atom. The molecule has 7 heteroatoms. The Bertz CT molecular complexity index is 1170. The number of hydrogen-bond acceptors (Lipinski definition) is 7. The van der Waals surface area contributed by atoms with Crippen LogP contribution in [-0.4, -0.2) is 36.2 Å². The van der Waals surface area contributed by atoms with Gasteiger partial charge < -0.3 is 14.2 Å². The molecule has 1 saturated heterocycles. The number of ether oxygens (including phenoxy) is 3. The maximum atomic E-state index is 13.9. The topological polar surface area (TPSA) is 103 Å². The molecular formula is C39H63NO6. The van der Waals surface area contributed by atoms with Crippen LogP contribution in [0.4, 0.5) is 0 Å². The second-order valence-electron chi connectivity index (χ2n) is 18.2. The quantitative estimate of drug-likeness (QED) is 0.146. The zero-order chi connectivity index (χ0) is 34.4. The highest BCUT2D eigenvalue weighted by Gasteiger charge is 2.72. The maximum Gasteiger partial charge on any atom is 0.327 e. The standard InChI is InChI=1S/C39H63NO6/c1-23(2)19-38(11,34(42)44-29-16-14-28(15-17-29)36(7,8)9)26(6)13-12-25(5)20-37(10,24(3)4)33(41)45-31-27-18-30-32(31)46-35(43)39(30,21-27)22-40/h23-32H,12-21H2,1-11H3. The molecule has 4 aliphatic rings. The Hall–Kier alpha value is -2.10. The van der Waals surface area contributed by atoms with Gasteiger partial charge in [-0.15, -0.1) is 0 Å². The van der Waals surface area contributed by atoms with Crippen molar-refractivity contribution in [2.24, 2.45) is 63.1 Å². The van der Waals surface area contributed by atoms with E-state index in [2.05, 4.69) is 75.3 Å². The molecule has 0 radical (unpaired) electrons. The third-order valence-electron chi connectivity index (χ3n) is 13.2. The molecule has 2 bridgehead atoms. The van der Waals surface area contributed by atoms with Crippen molar-refractivity contribution in [3.05, 3.63) is 0 Å². The summed E-state index contributed by atoms with van der Waals surface area (Å²) in [7, 11) is 0. The van der Waals surface area contributed by atoms with Gasteiger partial charge in [-0.1, -0.05) is 68.7 Å². The van der Waals surface area contributed by atoms with Crippen LogP contribution in [0, 0.1) is 74.4 Å². The van der Waals surface area contributed by atoms with Gasteiger partial charge in [0.2, 0.25) is 0 Å². The highest BCUT2D eigenvalue weighted by molar-refractivity contribution is 5.85. The normalized spacial score (nSPS) is 34.4. The molecule has 4 fully saturated rings. The van der Waals surface area contributed by atoms with Gasteiger partial charge in [0, 0.05) is 11.8 Å². The summed E-state index contributed by atoms with van der Waals surface area (Å²) in [5.41, 5.74) is -2.02. The Morgan fingerprint density at radius 2 is 1.52 bits per heavy atom. The van der Waals surface area contributed by atoms with Crippen LogP contribution in [0.25, 0.3) is 0 Å². The first-order chi connectivity index (χ1) is 21.3. The van der Waals surface area contributed by atoms with Crippen molar-refractivity contribution in [1.29, 1.82) is 5.26 Å². The first kappa shape index (κ1) is 36.7. The number of hydrogen-bond donors (Lipinski definition) is 0. The summed E-state index contributed by atoms with van der Waals surface area (Å²) in [6.07, 6.45) is 7.52. The van der Waals surface area contributed by atoms with Gasteiger partial charge in [-0.3, -0.25) is 14.4 Å². The fourth-order valence-corrected chi connectivity index (χ4v) is 9.45. The molecule has 46 heavy (non-hydrogen) atoms. The lowest BCUT2D eigenvalue weighted by atomic mass is 9.68. The zero-order valence-electron chi connectivity index (χ0n) is 30.7. The molecular weight excluding hydrogens is 578 g/mol. The number of carbonyl (C=O) groups excluding carboxylic acids is 3. The molecule has 0 amide bonds. The maximum absolute atomic E-state index is 13.9. The molecule has 3 saturated carbocycles. The Kier molecular flexibility index (Phi) is 10.7. The van der Waals surface area contributed by atoms with E-state index < -0.39 is 34.4 Å².